The van der Waals surface area contributed by atoms with Crippen LogP contribution in [0.15, 0.2) is 11.6 Å². The molecule has 0 aromatic rings. The molecule has 0 heterocycles. The molecule has 0 aromatic carbocycles. The lowest BCUT2D eigenvalue weighted by Crippen LogP contribution is -2.63. The highest BCUT2D eigenvalue weighted by atomic mass is 16.6. The van der Waals surface area contributed by atoms with E-state index >= 15 is 0 Å². The minimum Gasteiger partial charge on any atom is -0.450 e. The van der Waals surface area contributed by atoms with Crippen molar-refractivity contribution in [2.24, 2.45) is 34.5 Å². The molecule has 0 aliphatic heterocycles. The molecule has 0 saturated heterocycles. The fourth-order valence-electron chi connectivity index (χ4n) is 8.90. The monoisotopic (exact) mass is 458 g/mol. The summed E-state index contributed by atoms with van der Waals surface area (Å²) in [5.74, 6) is -0.341. The van der Waals surface area contributed by atoms with Crippen LogP contribution in [0.5, 0.6) is 0 Å². The maximum absolute atomic E-state index is 13.3. The average molecular weight is 459 g/mol. The number of fused-ring (bicyclic) bond motifs is 5. The minimum absolute atomic E-state index is 0.0363. The molecule has 5 aliphatic carbocycles. The molecular formula is C27H38O6. The third-order valence-corrected chi connectivity index (χ3v) is 10.6. The number of hydrogen-bond donors (Lipinski definition) is 2. The zero-order chi connectivity index (χ0) is 23.6. The summed E-state index contributed by atoms with van der Waals surface area (Å²) in [5, 5.41) is 21.5. The van der Waals surface area contributed by atoms with Crippen LogP contribution in [0.3, 0.4) is 0 Å². The summed E-state index contributed by atoms with van der Waals surface area (Å²) >= 11 is 0. The van der Waals surface area contributed by atoms with E-state index in [0.717, 1.165) is 51.4 Å². The molecule has 182 valence electrons. The van der Waals surface area contributed by atoms with Gasteiger partial charge in [-0.15, -0.1) is 0 Å². The molecular weight excluding hydrogens is 420 g/mol. The second-order valence-electron chi connectivity index (χ2n) is 11.9. The molecule has 7 atom stereocenters. The van der Waals surface area contributed by atoms with E-state index in [9.17, 15) is 24.6 Å². The summed E-state index contributed by atoms with van der Waals surface area (Å²) in [4.78, 5) is 38.5. The SMILES string of the molecule is C[C@@]12CCC(=O)C=C1CC[C@H]1[C@H]2[C@H](O)C[C@]2(C)[C@@H]1CC[C@@]2(OC(=O)C1CCCC1)C(=O)CO. The number of aliphatic hydroxyl groups is 2. The molecule has 4 fully saturated rings. The molecule has 0 aromatic heterocycles. The number of ketones is 2. The molecule has 0 radical (unpaired) electrons. The van der Waals surface area contributed by atoms with E-state index in [4.69, 9.17) is 4.74 Å². The first-order valence-electron chi connectivity index (χ1n) is 13.0. The van der Waals surface area contributed by atoms with E-state index in [1.807, 2.05) is 13.0 Å². The van der Waals surface area contributed by atoms with Gasteiger partial charge >= 0.3 is 5.97 Å². The zero-order valence-electron chi connectivity index (χ0n) is 20.0. The molecule has 2 N–H and O–H groups in total. The second-order valence-corrected chi connectivity index (χ2v) is 11.9. The van der Waals surface area contributed by atoms with Gasteiger partial charge in [0.25, 0.3) is 0 Å². The van der Waals surface area contributed by atoms with Crippen molar-refractivity contribution in [1.29, 1.82) is 0 Å². The molecule has 6 nitrogen and oxygen atoms in total. The summed E-state index contributed by atoms with van der Waals surface area (Å²) in [5.41, 5.74) is -1.10. The van der Waals surface area contributed by atoms with Gasteiger partial charge in [0, 0.05) is 11.8 Å². The van der Waals surface area contributed by atoms with E-state index in [-0.39, 0.29) is 40.8 Å². The Morgan fingerprint density at radius 3 is 2.52 bits per heavy atom. The Hall–Kier alpha value is -1.53. The standard InChI is InChI=1S/C27H38O6/c1-25-11-9-18(29)13-17(25)7-8-19-20-10-12-27(22(31)15-28,26(20,2)14-21(30)23(19)25)33-24(32)16-5-3-4-6-16/h13,16,19-21,23,28,30H,3-12,14-15H2,1-2H3/t19-,20-,21-,23+,25-,26-,27-/m1/s1. The van der Waals surface area contributed by atoms with Gasteiger partial charge in [0.05, 0.1) is 12.0 Å². The van der Waals surface area contributed by atoms with Crippen molar-refractivity contribution in [1.82, 2.24) is 0 Å². The van der Waals surface area contributed by atoms with Crippen LogP contribution >= 0.6 is 0 Å². The largest absolute Gasteiger partial charge is 0.450 e. The third-order valence-electron chi connectivity index (χ3n) is 10.6. The second kappa shape index (κ2) is 8.01. The van der Waals surface area contributed by atoms with Gasteiger partial charge in [-0.2, -0.15) is 0 Å². The quantitative estimate of drug-likeness (QED) is 0.625. The first kappa shape index (κ1) is 23.2. The highest BCUT2D eigenvalue weighted by molar-refractivity contribution is 5.93. The van der Waals surface area contributed by atoms with E-state index in [0.29, 0.717) is 19.3 Å². The van der Waals surface area contributed by atoms with Crippen LogP contribution in [0.1, 0.15) is 84.5 Å². The lowest BCUT2D eigenvalue weighted by molar-refractivity contribution is -0.204. The average Bonchev–Trinajstić information content (AvgIpc) is 3.41. The fourth-order valence-corrected chi connectivity index (χ4v) is 8.90. The Balaban J connectivity index is 1.50. The minimum atomic E-state index is -1.36. The molecule has 5 aliphatic rings. The van der Waals surface area contributed by atoms with Crippen molar-refractivity contribution in [3.05, 3.63) is 11.6 Å². The number of carbonyl (C=O) groups excluding carboxylic acids is 3. The van der Waals surface area contributed by atoms with Crippen LogP contribution in [-0.4, -0.2) is 46.1 Å². The highest BCUT2D eigenvalue weighted by Crippen LogP contribution is 2.68. The lowest BCUT2D eigenvalue weighted by Gasteiger charge is -2.60. The van der Waals surface area contributed by atoms with Gasteiger partial charge in [0.15, 0.2) is 11.4 Å². The van der Waals surface area contributed by atoms with Crippen molar-refractivity contribution in [3.8, 4) is 0 Å². The van der Waals surface area contributed by atoms with Crippen LogP contribution in [0.25, 0.3) is 0 Å². The van der Waals surface area contributed by atoms with Crippen molar-refractivity contribution >= 4 is 17.5 Å². The van der Waals surface area contributed by atoms with Crippen molar-refractivity contribution < 1.29 is 29.3 Å². The number of carbonyl (C=O) groups is 3. The molecule has 0 amide bonds. The maximum Gasteiger partial charge on any atom is 0.309 e. The molecule has 0 bridgehead atoms. The number of aliphatic hydroxyl groups excluding tert-OH is 2. The Morgan fingerprint density at radius 1 is 1.09 bits per heavy atom. The van der Waals surface area contributed by atoms with Crippen molar-refractivity contribution in [2.45, 2.75) is 96.2 Å². The van der Waals surface area contributed by atoms with E-state index < -0.39 is 29.5 Å². The van der Waals surface area contributed by atoms with Crippen LogP contribution in [0.2, 0.25) is 0 Å². The third kappa shape index (κ3) is 3.23. The van der Waals surface area contributed by atoms with E-state index in [2.05, 4.69) is 6.92 Å². The summed E-state index contributed by atoms with van der Waals surface area (Å²) < 4.78 is 6.17. The first-order chi connectivity index (χ1) is 15.7. The molecule has 5 rings (SSSR count). The maximum atomic E-state index is 13.3. The van der Waals surface area contributed by atoms with Crippen molar-refractivity contribution in [2.75, 3.05) is 6.61 Å². The zero-order valence-corrected chi connectivity index (χ0v) is 20.0. The van der Waals surface area contributed by atoms with Gasteiger partial charge in [-0.1, -0.05) is 32.3 Å². The van der Waals surface area contributed by atoms with Gasteiger partial charge in [-0.05, 0) is 80.6 Å². The predicted molar refractivity (Wildman–Crippen MR) is 121 cm³/mol. The van der Waals surface area contributed by atoms with Crippen LogP contribution in [0.4, 0.5) is 0 Å². The number of hydrogen-bond acceptors (Lipinski definition) is 6. The summed E-state index contributed by atoms with van der Waals surface area (Å²) in [7, 11) is 0. The van der Waals surface area contributed by atoms with Crippen LogP contribution in [0, 0.1) is 34.5 Å². The van der Waals surface area contributed by atoms with Gasteiger partial charge < -0.3 is 14.9 Å². The number of ether oxygens (including phenoxy) is 1. The van der Waals surface area contributed by atoms with E-state index in [1.165, 1.54) is 5.57 Å². The summed E-state index contributed by atoms with van der Waals surface area (Å²) in [6.45, 7) is 3.56. The predicted octanol–water partition coefficient (Wildman–Crippen LogP) is 3.52. The Morgan fingerprint density at radius 2 is 1.82 bits per heavy atom. The summed E-state index contributed by atoms with van der Waals surface area (Å²) in [6.07, 6.45) is 9.29. The Bertz CT molecular complexity index is 887. The molecule has 0 unspecified atom stereocenters. The van der Waals surface area contributed by atoms with Gasteiger partial charge in [0.1, 0.15) is 6.61 Å². The smallest absolute Gasteiger partial charge is 0.309 e. The van der Waals surface area contributed by atoms with Crippen LogP contribution in [-0.2, 0) is 19.1 Å². The normalized spacial score (nSPS) is 45.1. The molecule has 6 heteroatoms. The van der Waals surface area contributed by atoms with E-state index in [1.54, 1.807) is 0 Å². The number of esters is 1. The fraction of sp³-hybridized carbons (Fsp3) is 0.815. The Labute approximate surface area is 196 Å². The van der Waals surface area contributed by atoms with Crippen molar-refractivity contribution in [3.63, 3.8) is 0 Å². The molecule has 33 heavy (non-hydrogen) atoms. The van der Waals surface area contributed by atoms with Gasteiger partial charge in [-0.25, -0.2) is 0 Å². The number of allylic oxidation sites excluding steroid dienone is 1. The highest BCUT2D eigenvalue weighted by Gasteiger charge is 2.70. The van der Waals surface area contributed by atoms with Crippen LogP contribution < -0.4 is 0 Å². The molecule has 0 spiro atoms. The molecule has 4 saturated carbocycles. The number of Topliss-reactive ketones (excluding diaryl/α,β-unsaturated/α-hetero) is 1. The Kier molecular flexibility index (Phi) is 5.64. The number of rotatable bonds is 4. The summed E-state index contributed by atoms with van der Waals surface area (Å²) in [6, 6.07) is 0. The lowest BCUT2D eigenvalue weighted by atomic mass is 9.45. The first-order valence-corrected chi connectivity index (χ1v) is 13.0. The van der Waals surface area contributed by atoms with Gasteiger partial charge in [0.2, 0.25) is 5.78 Å². The topological polar surface area (TPSA) is 101 Å². The van der Waals surface area contributed by atoms with Gasteiger partial charge in [-0.3, -0.25) is 14.4 Å².